The van der Waals surface area contributed by atoms with Crippen molar-refractivity contribution in [3.63, 3.8) is 0 Å². The van der Waals surface area contributed by atoms with Gasteiger partial charge in [-0.05, 0) is 38.3 Å². The van der Waals surface area contributed by atoms with Gasteiger partial charge in [-0.3, -0.25) is 4.99 Å². The van der Waals surface area contributed by atoms with Crippen LogP contribution in [0.25, 0.3) is 0 Å². The molecule has 4 nitrogen and oxygen atoms in total. The van der Waals surface area contributed by atoms with Gasteiger partial charge in [0.15, 0.2) is 5.96 Å². The van der Waals surface area contributed by atoms with E-state index >= 15 is 0 Å². The number of aliphatic imine (C=N–C) groups is 1. The minimum Gasteiger partial charge on any atom is -0.381 e. The Morgan fingerprint density at radius 3 is 3.00 bits per heavy atom. The van der Waals surface area contributed by atoms with Gasteiger partial charge in [0.05, 0.1) is 6.61 Å². The highest BCUT2D eigenvalue weighted by Crippen LogP contribution is 2.45. The number of guanidine groups is 1. The Morgan fingerprint density at radius 1 is 1.46 bits per heavy atom. The minimum absolute atomic E-state index is 0. The Bertz CT molecular complexity index is 660. The fourth-order valence-corrected chi connectivity index (χ4v) is 4.48. The van der Waals surface area contributed by atoms with Crippen LogP contribution in [0.15, 0.2) is 23.2 Å². The molecule has 3 aliphatic rings. The number of nitrogens with zero attached hydrogens (tertiary/aromatic N) is 2. The summed E-state index contributed by atoms with van der Waals surface area (Å²) in [6, 6.07) is 5.11. The molecule has 1 aliphatic carbocycles. The van der Waals surface area contributed by atoms with Crippen LogP contribution in [0, 0.1) is 11.2 Å². The van der Waals surface area contributed by atoms with Crippen molar-refractivity contribution in [2.75, 3.05) is 32.8 Å². The van der Waals surface area contributed by atoms with E-state index in [1.807, 2.05) is 6.92 Å². The molecule has 1 aromatic carbocycles. The first-order chi connectivity index (χ1) is 12.1. The molecule has 2 aliphatic heterocycles. The predicted molar refractivity (Wildman–Crippen MR) is 113 cm³/mol. The zero-order valence-corrected chi connectivity index (χ0v) is 18.1. The molecule has 2 saturated heterocycles. The molecule has 144 valence electrons. The van der Waals surface area contributed by atoms with E-state index in [1.54, 1.807) is 12.1 Å². The molecule has 0 bridgehead atoms. The van der Waals surface area contributed by atoms with Crippen LogP contribution in [0.5, 0.6) is 0 Å². The zero-order valence-electron chi connectivity index (χ0n) is 15.0. The summed E-state index contributed by atoms with van der Waals surface area (Å²) in [6.45, 7) is 6.52. The largest absolute Gasteiger partial charge is 0.381 e. The maximum atomic E-state index is 14.1. The number of ether oxygens (including phenoxy) is 1. The molecule has 1 spiro atoms. The number of halogens is 3. The van der Waals surface area contributed by atoms with Gasteiger partial charge in [0.25, 0.3) is 0 Å². The molecule has 7 heteroatoms. The molecule has 3 fully saturated rings. The third kappa shape index (κ3) is 3.97. The molecular weight excluding hydrogens is 468 g/mol. The van der Waals surface area contributed by atoms with Gasteiger partial charge in [-0.15, -0.1) is 24.0 Å². The van der Waals surface area contributed by atoms with E-state index in [9.17, 15) is 4.39 Å². The van der Waals surface area contributed by atoms with E-state index in [0.717, 1.165) is 58.1 Å². The SMILES string of the molecule is CCN=C(NC1CC1c1c(F)cccc1Cl)N1CCC2(CCOC2)C1.I. The number of hydrogen-bond acceptors (Lipinski definition) is 2. The standard InChI is InChI=1S/C19H25ClFN3O.HI/c1-2-22-18(24-8-6-19(11-24)7-9-25-12-19)23-16-10-13(16)17-14(20)4-3-5-15(17)21;/h3-5,13,16H,2,6-12H2,1H3,(H,22,23);1H. The summed E-state index contributed by atoms with van der Waals surface area (Å²) in [5, 5.41) is 4.07. The Kier molecular flexibility index (Phi) is 6.34. The van der Waals surface area contributed by atoms with Gasteiger partial charge >= 0.3 is 0 Å². The fraction of sp³-hybridized carbons (Fsp3) is 0.632. The summed E-state index contributed by atoms with van der Waals surface area (Å²) >= 11 is 6.21. The average Bonchev–Trinajstić information content (AvgIpc) is 3.01. The number of nitrogens with one attached hydrogen (secondary N) is 1. The van der Waals surface area contributed by atoms with Crippen molar-refractivity contribution in [1.82, 2.24) is 10.2 Å². The molecule has 1 N–H and O–H groups in total. The Labute approximate surface area is 176 Å². The monoisotopic (exact) mass is 493 g/mol. The molecule has 1 saturated carbocycles. The minimum atomic E-state index is -0.209. The molecule has 3 atom stereocenters. The first-order valence-electron chi connectivity index (χ1n) is 9.19. The lowest BCUT2D eigenvalue weighted by Crippen LogP contribution is -2.43. The van der Waals surface area contributed by atoms with Crippen LogP contribution < -0.4 is 5.32 Å². The van der Waals surface area contributed by atoms with Crippen LogP contribution in [0.2, 0.25) is 5.02 Å². The second-order valence-electron chi connectivity index (χ2n) is 7.50. The van der Waals surface area contributed by atoms with Crippen molar-refractivity contribution in [2.45, 2.75) is 38.1 Å². The third-order valence-corrected chi connectivity index (χ3v) is 6.04. The molecule has 1 aromatic rings. The summed E-state index contributed by atoms with van der Waals surface area (Å²) < 4.78 is 19.8. The van der Waals surface area contributed by atoms with Gasteiger partial charge in [0.1, 0.15) is 5.82 Å². The van der Waals surface area contributed by atoms with Crippen LogP contribution in [-0.2, 0) is 4.74 Å². The van der Waals surface area contributed by atoms with Crippen LogP contribution in [0.4, 0.5) is 4.39 Å². The molecule has 0 radical (unpaired) electrons. The number of hydrogen-bond donors (Lipinski definition) is 1. The second kappa shape index (κ2) is 8.19. The summed E-state index contributed by atoms with van der Waals surface area (Å²) in [5.74, 6) is 0.868. The smallest absolute Gasteiger partial charge is 0.194 e. The second-order valence-corrected chi connectivity index (χ2v) is 7.91. The highest BCUT2D eigenvalue weighted by Gasteiger charge is 2.45. The predicted octanol–water partition coefficient (Wildman–Crippen LogP) is 4.03. The van der Waals surface area contributed by atoms with E-state index in [-0.39, 0.29) is 41.8 Å². The van der Waals surface area contributed by atoms with Crippen molar-refractivity contribution < 1.29 is 9.13 Å². The van der Waals surface area contributed by atoms with Crippen molar-refractivity contribution in [3.8, 4) is 0 Å². The Balaban J connectivity index is 0.00000196. The Hall–Kier alpha value is -0.600. The van der Waals surface area contributed by atoms with Crippen molar-refractivity contribution in [2.24, 2.45) is 10.4 Å². The van der Waals surface area contributed by atoms with Crippen molar-refractivity contribution in [3.05, 3.63) is 34.6 Å². The van der Waals surface area contributed by atoms with Crippen LogP contribution >= 0.6 is 35.6 Å². The lowest BCUT2D eigenvalue weighted by molar-refractivity contribution is 0.156. The number of benzene rings is 1. The molecule has 2 heterocycles. The van der Waals surface area contributed by atoms with Crippen LogP contribution in [0.1, 0.15) is 37.7 Å². The molecule has 4 rings (SSSR count). The lowest BCUT2D eigenvalue weighted by Gasteiger charge is -2.25. The quantitative estimate of drug-likeness (QED) is 0.392. The average molecular weight is 494 g/mol. The Morgan fingerprint density at radius 2 is 2.31 bits per heavy atom. The van der Waals surface area contributed by atoms with Gasteiger partial charge in [0, 0.05) is 54.2 Å². The summed E-state index contributed by atoms with van der Waals surface area (Å²) in [6.07, 6.45) is 3.19. The first-order valence-corrected chi connectivity index (χ1v) is 9.57. The zero-order chi connectivity index (χ0) is 17.4. The molecular formula is C19H26ClFIN3O. The molecule has 26 heavy (non-hydrogen) atoms. The topological polar surface area (TPSA) is 36.9 Å². The fourth-order valence-electron chi connectivity index (χ4n) is 4.18. The van der Waals surface area contributed by atoms with Crippen LogP contribution in [-0.4, -0.2) is 49.7 Å². The normalized spacial score (nSPS) is 30.6. The van der Waals surface area contributed by atoms with Gasteiger partial charge in [0.2, 0.25) is 0 Å². The molecule has 0 aromatic heterocycles. The van der Waals surface area contributed by atoms with Gasteiger partial charge in [-0.25, -0.2) is 4.39 Å². The number of likely N-dealkylation sites (tertiary alicyclic amines) is 1. The van der Waals surface area contributed by atoms with Gasteiger partial charge in [-0.1, -0.05) is 17.7 Å². The highest BCUT2D eigenvalue weighted by molar-refractivity contribution is 14.0. The molecule has 3 unspecified atom stereocenters. The maximum absolute atomic E-state index is 14.1. The maximum Gasteiger partial charge on any atom is 0.194 e. The summed E-state index contributed by atoms with van der Waals surface area (Å²) in [4.78, 5) is 7.02. The first kappa shape index (κ1) is 20.1. The van der Waals surface area contributed by atoms with Gasteiger partial charge in [-0.2, -0.15) is 0 Å². The van der Waals surface area contributed by atoms with Crippen molar-refractivity contribution >= 4 is 41.5 Å². The van der Waals surface area contributed by atoms with Gasteiger partial charge < -0.3 is 15.0 Å². The van der Waals surface area contributed by atoms with E-state index in [1.165, 1.54) is 6.07 Å². The number of rotatable bonds is 3. The van der Waals surface area contributed by atoms with Crippen LogP contribution in [0.3, 0.4) is 0 Å². The highest BCUT2D eigenvalue weighted by atomic mass is 127. The van der Waals surface area contributed by atoms with Crippen molar-refractivity contribution in [1.29, 1.82) is 0 Å². The lowest BCUT2D eigenvalue weighted by atomic mass is 9.87. The van der Waals surface area contributed by atoms with E-state index in [2.05, 4.69) is 15.2 Å². The van der Waals surface area contributed by atoms with E-state index in [4.69, 9.17) is 16.3 Å². The van der Waals surface area contributed by atoms with E-state index in [0.29, 0.717) is 16.0 Å². The van der Waals surface area contributed by atoms with E-state index < -0.39 is 0 Å². The third-order valence-electron chi connectivity index (χ3n) is 5.71. The summed E-state index contributed by atoms with van der Waals surface area (Å²) in [7, 11) is 0. The summed E-state index contributed by atoms with van der Waals surface area (Å²) in [5.41, 5.74) is 0.938. The molecule has 0 amide bonds.